The minimum atomic E-state index is -5.08. The zero-order valence-corrected chi connectivity index (χ0v) is 19.1. The highest BCUT2D eigenvalue weighted by molar-refractivity contribution is 6.77. The van der Waals surface area contributed by atoms with Gasteiger partial charge in [-0.3, -0.25) is 0 Å². The SMILES string of the molecule is CC(C)[Si](O[C@@H](C(=O)[O-])[C@@H](NC(=O)OC(C)(C)C)C(F)(F)F)(C(C)C)C(C)C. The summed E-state index contributed by atoms with van der Waals surface area (Å²) in [5.74, 6) is -2.03. The molecule has 6 nitrogen and oxygen atoms in total. The van der Waals surface area contributed by atoms with Gasteiger partial charge < -0.3 is 24.4 Å². The summed E-state index contributed by atoms with van der Waals surface area (Å²) < 4.78 is 51.7. The van der Waals surface area contributed by atoms with Crippen LogP contribution >= 0.6 is 0 Å². The van der Waals surface area contributed by atoms with Crippen LogP contribution in [-0.2, 0) is 14.0 Å². The molecular formula is C18H33F3NO5Si-. The van der Waals surface area contributed by atoms with E-state index in [1.54, 1.807) is 5.32 Å². The van der Waals surface area contributed by atoms with Gasteiger partial charge in [0.05, 0.1) is 5.97 Å². The highest BCUT2D eigenvalue weighted by atomic mass is 28.4. The molecule has 0 aliphatic rings. The number of rotatable bonds is 8. The molecule has 166 valence electrons. The lowest BCUT2D eigenvalue weighted by molar-refractivity contribution is -0.319. The average molecular weight is 429 g/mol. The molecule has 0 unspecified atom stereocenters. The number of alkyl carbamates (subject to hydrolysis) is 1. The smallest absolute Gasteiger partial charge is 0.411 e. The highest BCUT2D eigenvalue weighted by Crippen LogP contribution is 2.44. The van der Waals surface area contributed by atoms with Gasteiger partial charge in [0.1, 0.15) is 11.7 Å². The topological polar surface area (TPSA) is 87.7 Å². The summed E-state index contributed by atoms with van der Waals surface area (Å²) in [5.41, 5.74) is -1.54. The zero-order chi connectivity index (χ0) is 22.7. The van der Waals surface area contributed by atoms with Gasteiger partial charge in [0.25, 0.3) is 0 Å². The summed E-state index contributed by atoms with van der Waals surface area (Å²) >= 11 is 0. The minimum absolute atomic E-state index is 0.162. The van der Waals surface area contributed by atoms with Crippen LogP contribution in [0.4, 0.5) is 18.0 Å². The van der Waals surface area contributed by atoms with Crippen molar-refractivity contribution in [3.05, 3.63) is 0 Å². The van der Waals surface area contributed by atoms with Crippen molar-refractivity contribution in [3.8, 4) is 0 Å². The molecule has 0 bridgehead atoms. The standard InChI is InChI=1S/C18H34F3NO5Si/c1-10(2)28(11(3)4,12(5)6)27-13(15(23)24)14(18(19,20)21)22-16(25)26-17(7,8)9/h10-14H,1-9H3,(H,22,25)(H,23,24)/p-1/t13-,14-/m1/s1. The summed E-state index contributed by atoms with van der Waals surface area (Å²) in [6, 6.07) is -2.80. The number of ether oxygens (including phenoxy) is 1. The number of hydrogen-bond acceptors (Lipinski definition) is 5. The Hall–Kier alpha value is -1.29. The van der Waals surface area contributed by atoms with Crippen LogP contribution < -0.4 is 10.4 Å². The van der Waals surface area contributed by atoms with Crippen LogP contribution in [0.25, 0.3) is 0 Å². The van der Waals surface area contributed by atoms with Gasteiger partial charge in [-0.15, -0.1) is 0 Å². The van der Waals surface area contributed by atoms with Crippen molar-refractivity contribution in [2.45, 2.75) is 103 Å². The lowest BCUT2D eigenvalue weighted by Gasteiger charge is -2.46. The Balaban J connectivity index is 6.09. The Kier molecular flexibility index (Phi) is 9.03. The fourth-order valence-corrected chi connectivity index (χ4v) is 9.13. The number of alkyl halides is 3. The van der Waals surface area contributed by atoms with E-state index >= 15 is 0 Å². The molecule has 0 aromatic heterocycles. The predicted octanol–water partition coefficient (Wildman–Crippen LogP) is 3.75. The molecule has 0 aromatic rings. The molecule has 2 atom stereocenters. The molecule has 0 fully saturated rings. The van der Waals surface area contributed by atoms with Crippen molar-refractivity contribution in [2.24, 2.45) is 0 Å². The van der Waals surface area contributed by atoms with Gasteiger partial charge in [0.15, 0.2) is 6.04 Å². The predicted molar refractivity (Wildman–Crippen MR) is 100 cm³/mol. The van der Waals surface area contributed by atoms with Crippen LogP contribution in [0.3, 0.4) is 0 Å². The molecule has 0 saturated carbocycles. The first kappa shape index (κ1) is 26.7. The Labute approximate surface area is 166 Å². The van der Waals surface area contributed by atoms with Crippen LogP contribution in [0.5, 0.6) is 0 Å². The average Bonchev–Trinajstić information content (AvgIpc) is 2.41. The van der Waals surface area contributed by atoms with E-state index in [4.69, 9.17) is 9.16 Å². The Morgan fingerprint density at radius 3 is 1.57 bits per heavy atom. The molecule has 0 rings (SSSR count). The maximum absolute atomic E-state index is 13.7. The van der Waals surface area contributed by atoms with Gasteiger partial charge in [-0.05, 0) is 37.4 Å². The number of carbonyl (C=O) groups excluding carboxylic acids is 2. The fraction of sp³-hybridized carbons (Fsp3) is 0.889. The van der Waals surface area contributed by atoms with Gasteiger partial charge in [0, 0.05) is 0 Å². The highest BCUT2D eigenvalue weighted by Gasteiger charge is 2.53. The number of carbonyl (C=O) groups is 2. The monoisotopic (exact) mass is 428 g/mol. The summed E-state index contributed by atoms with van der Waals surface area (Å²) in [5, 5.41) is 13.3. The molecule has 0 aliphatic carbocycles. The summed E-state index contributed by atoms with van der Waals surface area (Å²) in [6.07, 6.45) is -8.84. The summed E-state index contributed by atoms with van der Waals surface area (Å²) in [6.45, 7) is 15.3. The number of hydrogen-bond donors (Lipinski definition) is 1. The van der Waals surface area contributed by atoms with Crippen molar-refractivity contribution in [3.63, 3.8) is 0 Å². The third-order valence-corrected chi connectivity index (χ3v) is 10.7. The first-order chi connectivity index (χ1) is 12.4. The van der Waals surface area contributed by atoms with Crippen LogP contribution in [0, 0.1) is 0 Å². The van der Waals surface area contributed by atoms with E-state index < -0.39 is 44.3 Å². The van der Waals surface area contributed by atoms with Gasteiger partial charge in [-0.1, -0.05) is 41.5 Å². The Morgan fingerprint density at radius 1 is 0.929 bits per heavy atom. The van der Waals surface area contributed by atoms with Crippen molar-refractivity contribution >= 4 is 20.4 Å². The quantitative estimate of drug-likeness (QED) is 0.595. The van der Waals surface area contributed by atoms with Crippen molar-refractivity contribution in [1.29, 1.82) is 0 Å². The van der Waals surface area contributed by atoms with E-state index in [9.17, 15) is 27.9 Å². The third-order valence-electron chi connectivity index (χ3n) is 4.60. The molecule has 0 aliphatic heterocycles. The van der Waals surface area contributed by atoms with E-state index in [0.717, 1.165) is 0 Å². The van der Waals surface area contributed by atoms with E-state index in [0.29, 0.717) is 0 Å². The number of nitrogens with one attached hydrogen (secondary N) is 1. The molecule has 10 heteroatoms. The van der Waals surface area contributed by atoms with Gasteiger partial charge in [0.2, 0.25) is 8.32 Å². The van der Waals surface area contributed by atoms with E-state index in [1.807, 2.05) is 41.5 Å². The van der Waals surface area contributed by atoms with Crippen LogP contribution in [-0.4, -0.2) is 44.3 Å². The lowest BCUT2D eigenvalue weighted by Crippen LogP contribution is -2.64. The number of carboxylic acids is 1. The summed E-state index contributed by atoms with van der Waals surface area (Å²) in [4.78, 5) is 23.6. The number of carboxylic acid groups (broad SMARTS) is 1. The number of aliphatic carboxylic acids is 1. The van der Waals surface area contributed by atoms with E-state index in [2.05, 4.69) is 0 Å². The zero-order valence-electron chi connectivity index (χ0n) is 18.1. The van der Waals surface area contributed by atoms with Gasteiger partial charge in [-0.25, -0.2) is 4.79 Å². The maximum Gasteiger partial charge on any atom is 0.411 e. The Morgan fingerprint density at radius 2 is 1.32 bits per heavy atom. The maximum atomic E-state index is 13.7. The third kappa shape index (κ3) is 6.95. The van der Waals surface area contributed by atoms with Crippen molar-refractivity contribution in [1.82, 2.24) is 5.32 Å². The summed E-state index contributed by atoms with van der Waals surface area (Å²) in [7, 11) is -3.01. The largest absolute Gasteiger partial charge is 0.547 e. The lowest BCUT2D eigenvalue weighted by atomic mass is 10.1. The first-order valence-corrected chi connectivity index (χ1v) is 11.4. The normalized spacial score (nSPS) is 15.7. The van der Waals surface area contributed by atoms with Crippen molar-refractivity contribution in [2.75, 3.05) is 0 Å². The molecule has 0 spiro atoms. The number of amides is 1. The molecule has 0 heterocycles. The molecule has 28 heavy (non-hydrogen) atoms. The van der Waals surface area contributed by atoms with Crippen LogP contribution in [0.15, 0.2) is 0 Å². The van der Waals surface area contributed by atoms with Crippen LogP contribution in [0.2, 0.25) is 16.6 Å². The number of halogens is 3. The molecule has 0 aromatic carbocycles. The second-order valence-electron chi connectivity index (χ2n) is 8.84. The first-order valence-electron chi connectivity index (χ1n) is 9.31. The molecule has 0 saturated heterocycles. The molecule has 0 radical (unpaired) electrons. The van der Waals surface area contributed by atoms with E-state index in [-0.39, 0.29) is 16.6 Å². The van der Waals surface area contributed by atoms with Gasteiger partial charge in [-0.2, -0.15) is 13.2 Å². The molecular weight excluding hydrogens is 395 g/mol. The van der Waals surface area contributed by atoms with Crippen LogP contribution in [0.1, 0.15) is 62.3 Å². The molecule has 1 N–H and O–H groups in total. The minimum Gasteiger partial charge on any atom is -0.547 e. The second-order valence-corrected chi connectivity index (χ2v) is 14.2. The molecule has 1 amide bonds. The van der Waals surface area contributed by atoms with E-state index in [1.165, 1.54) is 20.8 Å². The van der Waals surface area contributed by atoms with Crippen molar-refractivity contribution < 1.29 is 37.0 Å². The van der Waals surface area contributed by atoms with Gasteiger partial charge >= 0.3 is 12.3 Å². The second kappa shape index (κ2) is 9.47. The fourth-order valence-electron chi connectivity index (χ4n) is 3.64. The Bertz CT molecular complexity index is 523.